The van der Waals surface area contributed by atoms with E-state index in [0.717, 1.165) is 17.5 Å². The van der Waals surface area contributed by atoms with Gasteiger partial charge >= 0.3 is 0 Å². The zero-order chi connectivity index (χ0) is 19.0. The van der Waals surface area contributed by atoms with Gasteiger partial charge in [-0.25, -0.2) is 4.39 Å². The first-order chi connectivity index (χ1) is 13.0. The first-order valence-corrected chi connectivity index (χ1v) is 9.20. The summed E-state index contributed by atoms with van der Waals surface area (Å²) in [6, 6.07) is 23.0. The van der Waals surface area contributed by atoms with Crippen molar-refractivity contribution in [3.63, 3.8) is 0 Å². The SMILES string of the molecule is Cc1cccc(C2(c3cccc(C)c3)C[C@H]2C(=O)Nc2ccccc2F)c1. The number of aryl methyl sites for hydroxylation is 2. The highest BCUT2D eigenvalue weighted by Crippen LogP contribution is 2.59. The van der Waals surface area contributed by atoms with E-state index in [1.165, 1.54) is 17.2 Å². The van der Waals surface area contributed by atoms with Crippen molar-refractivity contribution in [2.75, 3.05) is 5.32 Å². The van der Waals surface area contributed by atoms with E-state index in [2.05, 4.69) is 55.6 Å². The van der Waals surface area contributed by atoms with Crippen molar-refractivity contribution in [3.8, 4) is 0 Å². The smallest absolute Gasteiger partial charge is 0.228 e. The molecule has 1 aliphatic carbocycles. The summed E-state index contributed by atoms with van der Waals surface area (Å²) in [6.07, 6.45) is 0.722. The Morgan fingerprint density at radius 2 is 1.52 bits per heavy atom. The molecule has 3 heteroatoms. The number of carbonyl (C=O) groups excluding carboxylic acids is 1. The van der Waals surface area contributed by atoms with Crippen LogP contribution in [0.25, 0.3) is 0 Å². The van der Waals surface area contributed by atoms with Crippen LogP contribution in [0.5, 0.6) is 0 Å². The largest absolute Gasteiger partial charge is 0.323 e. The Morgan fingerprint density at radius 1 is 0.926 bits per heavy atom. The zero-order valence-electron chi connectivity index (χ0n) is 15.5. The first kappa shape index (κ1) is 17.5. The van der Waals surface area contributed by atoms with Gasteiger partial charge in [-0.05, 0) is 43.5 Å². The Labute approximate surface area is 159 Å². The molecule has 1 saturated carbocycles. The molecule has 27 heavy (non-hydrogen) atoms. The van der Waals surface area contributed by atoms with Gasteiger partial charge in [0.25, 0.3) is 0 Å². The van der Waals surface area contributed by atoms with Gasteiger partial charge in [-0.3, -0.25) is 4.79 Å². The fraction of sp³-hybridized carbons (Fsp3) is 0.208. The van der Waals surface area contributed by atoms with Crippen molar-refractivity contribution >= 4 is 11.6 Å². The molecule has 0 saturated heterocycles. The molecule has 1 atom stereocenters. The normalized spacial score (nSPS) is 17.4. The van der Waals surface area contributed by atoms with E-state index in [4.69, 9.17) is 0 Å². The van der Waals surface area contributed by atoms with Crippen molar-refractivity contribution in [2.45, 2.75) is 25.7 Å². The number of amides is 1. The molecule has 4 rings (SSSR count). The van der Waals surface area contributed by atoms with Gasteiger partial charge in [-0.1, -0.05) is 71.8 Å². The quantitative estimate of drug-likeness (QED) is 0.665. The van der Waals surface area contributed by atoms with Crippen LogP contribution in [0.1, 0.15) is 28.7 Å². The molecule has 0 bridgehead atoms. The fourth-order valence-corrected chi connectivity index (χ4v) is 4.01. The van der Waals surface area contributed by atoms with Crippen LogP contribution in [0.3, 0.4) is 0 Å². The minimum absolute atomic E-state index is 0.136. The number of anilines is 1. The van der Waals surface area contributed by atoms with Crippen molar-refractivity contribution in [1.29, 1.82) is 0 Å². The standard InChI is InChI=1S/C24H22FNO/c1-16-7-5-9-18(13-16)24(19-10-6-8-17(2)14-19)15-20(24)23(27)26-22-12-4-3-11-21(22)25/h3-14,20H,15H2,1-2H3,(H,26,27)/t20-/m0/s1. The van der Waals surface area contributed by atoms with Crippen molar-refractivity contribution in [3.05, 3.63) is 101 Å². The maximum atomic E-state index is 14.0. The average molecular weight is 359 g/mol. The molecular formula is C24H22FNO. The van der Waals surface area contributed by atoms with Gasteiger partial charge in [-0.2, -0.15) is 0 Å². The number of halogens is 1. The summed E-state index contributed by atoms with van der Waals surface area (Å²) in [4.78, 5) is 13.0. The van der Waals surface area contributed by atoms with Crippen LogP contribution in [0.15, 0.2) is 72.8 Å². The highest BCUT2D eigenvalue weighted by atomic mass is 19.1. The van der Waals surface area contributed by atoms with Gasteiger partial charge < -0.3 is 5.32 Å². The van der Waals surface area contributed by atoms with Gasteiger partial charge in [0.05, 0.1) is 11.6 Å². The Kier molecular flexibility index (Phi) is 4.31. The summed E-state index contributed by atoms with van der Waals surface area (Å²) in [6.45, 7) is 4.12. The third-order valence-electron chi connectivity index (χ3n) is 5.48. The summed E-state index contributed by atoms with van der Waals surface area (Å²) in [5, 5.41) is 2.78. The number of benzene rings is 3. The van der Waals surface area contributed by atoms with Crippen LogP contribution < -0.4 is 5.32 Å². The van der Waals surface area contributed by atoms with Gasteiger partial charge in [-0.15, -0.1) is 0 Å². The van der Waals surface area contributed by atoms with E-state index < -0.39 is 5.82 Å². The van der Waals surface area contributed by atoms with Gasteiger partial charge in [0.1, 0.15) is 5.82 Å². The Balaban J connectivity index is 1.71. The second-order valence-electron chi connectivity index (χ2n) is 7.44. The average Bonchev–Trinajstić information content (AvgIpc) is 3.41. The van der Waals surface area contributed by atoms with Gasteiger partial charge in [0, 0.05) is 5.41 Å². The van der Waals surface area contributed by atoms with Crippen LogP contribution in [0.4, 0.5) is 10.1 Å². The lowest BCUT2D eigenvalue weighted by molar-refractivity contribution is -0.117. The lowest BCUT2D eigenvalue weighted by atomic mass is 9.84. The molecule has 0 spiro atoms. The Hall–Kier alpha value is -2.94. The monoisotopic (exact) mass is 359 g/mol. The molecule has 0 unspecified atom stereocenters. The third-order valence-corrected chi connectivity index (χ3v) is 5.48. The molecule has 3 aromatic carbocycles. The summed E-state index contributed by atoms with van der Waals surface area (Å²) < 4.78 is 14.0. The maximum Gasteiger partial charge on any atom is 0.228 e. The molecule has 136 valence electrons. The number of nitrogens with one attached hydrogen (secondary N) is 1. The number of rotatable bonds is 4. The number of para-hydroxylation sites is 1. The van der Waals surface area contributed by atoms with E-state index in [0.29, 0.717) is 0 Å². The molecule has 0 heterocycles. The van der Waals surface area contributed by atoms with E-state index in [9.17, 15) is 9.18 Å². The van der Waals surface area contributed by atoms with Crippen LogP contribution in [0.2, 0.25) is 0 Å². The second-order valence-corrected chi connectivity index (χ2v) is 7.44. The second kappa shape index (κ2) is 6.66. The third kappa shape index (κ3) is 3.14. The summed E-state index contributed by atoms with van der Waals surface area (Å²) in [5.41, 5.74) is 4.49. The van der Waals surface area contributed by atoms with Crippen LogP contribution >= 0.6 is 0 Å². The highest BCUT2D eigenvalue weighted by Gasteiger charge is 2.60. The van der Waals surface area contributed by atoms with Crippen molar-refractivity contribution in [1.82, 2.24) is 0 Å². The molecule has 3 aromatic rings. The lowest BCUT2D eigenvalue weighted by Crippen LogP contribution is -2.23. The molecule has 1 N–H and O–H groups in total. The van der Waals surface area contributed by atoms with E-state index >= 15 is 0 Å². The van der Waals surface area contributed by atoms with E-state index in [1.807, 2.05) is 12.1 Å². The topological polar surface area (TPSA) is 29.1 Å². The van der Waals surface area contributed by atoms with Crippen molar-refractivity contribution in [2.24, 2.45) is 5.92 Å². The highest BCUT2D eigenvalue weighted by molar-refractivity contribution is 5.97. The molecule has 1 aliphatic rings. The summed E-state index contributed by atoms with van der Waals surface area (Å²) >= 11 is 0. The van der Waals surface area contributed by atoms with Crippen LogP contribution in [0, 0.1) is 25.6 Å². The van der Waals surface area contributed by atoms with Crippen molar-refractivity contribution < 1.29 is 9.18 Å². The molecular weight excluding hydrogens is 337 g/mol. The Bertz CT molecular complexity index is 965. The number of hydrogen-bond donors (Lipinski definition) is 1. The van der Waals surface area contributed by atoms with E-state index in [-0.39, 0.29) is 22.9 Å². The number of hydrogen-bond acceptors (Lipinski definition) is 1. The van der Waals surface area contributed by atoms with Gasteiger partial charge in [0.2, 0.25) is 5.91 Å². The van der Waals surface area contributed by atoms with Crippen LogP contribution in [-0.2, 0) is 10.2 Å². The minimum atomic E-state index is -0.414. The Morgan fingerprint density at radius 3 is 2.07 bits per heavy atom. The predicted octanol–water partition coefficient (Wildman–Crippen LogP) is 5.39. The first-order valence-electron chi connectivity index (χ1n) is 9.20. The molecule has 0 aliphatic heterocycles. The van der Waals surface area contributed by atoms with Crippen LogP contribution in [-0.4, -0.2) is 5.91 Å². The predicted molar refractivity (Wildman–Crippen MR) is 106 cm³/mol. The molecule has 0 radical (unpaired) electrons. The van der Waals surface area contributed by atoms with E-state index in [1.54, 1.807) is 18.2 Å². The zero-order valence-corrected chi connectivity index (χ0v) is 15.5. The maximum absolute atomic E-state index is 14.0. The van der Waals surface area contributed by atoms with Gasteiger partial charge in [0.15, 0.2) is 0 Å². The lowest BCUT2D eigenvalue weighted by Gasteiger charge is -2.20. The molecule has 1 fully saturated rings. The summed E-state index contributed by atoms with van der Waals surface area (Å²) in [7, 11) is 0. The molecule has 1 amide bonds. The minimum Gasteiger partial charge on any atom is -0.323 e. The fourth-order valence-electron chi connectivity index (χ4n) is 4.01. The number of carbonyl (C=O) groups is 1. The summed E-state index contributed by atoms with van der Waals surface area (Å²) in [5.74, 6) is -0.771. The molecule has 0 aromatic heterocycles. The molecule has 2 nitrogen and oxygen atoms in total.